The molecular formula is C32H41ClN2O4S. The average molecular weight is 585 g/mol. The van der Waals surface area contributed by atoms with Crippen molar-refractivity contribution in [1.82, 2.24) is 4.72 Å². The summed E-state index contributed by atoms with van der Waals surface area (Å²) in [5, 5.41) is 11.7. The molecule has 6 rings (SSSR count). The van der Waals surface area contributed by atoms with E-state index in [1.54, 1.807) is 6.07 Å². The van der Waals surface area contributed by atoms with Crippen molar-refractivity contribution in [2.24, 2.45) is 11.8 Å². The van der Waals surface area contributed by atoms with Crippen LogP contribution in [0.1, 0.15) is 79.8 Å². The van der Waals surface area contributed by atoms with Crippen LogP contribution in [0.3, 0.4) is 0 Å². The van der Waals surface area contributed by atoms with E-state index in [2.05, 4.69) is 27.6 Å². The molecule has 2 aliphatic heterocycles. The third-order valence-electron chi connectivity index (χ3n) is 10.0. The van der Waals surface area contributed by atoms with Gasteiger partial charge in [0.25, 0.3) is 5.91 Å². The lowest BCUT2D eigenvalue weighted by atomic mass is 9.68. The number of carbonyl (C=O) groups excluding carboxylic acids is 1. The summed E-state index contributed by atoms with van der Waals surface area (Å²) < 4.78 is 22.7. The lowest BCUT2D eigenvalue weighted by Crippen LogP contribution is -2.49. The zero-order valence-corrected chi connectivity index (χ0v) is 24.9. The summed E-state index contributed by atoms with van der Waals surface area (Å²) in [5.41, 5.74) is 3.74. The van der Waals surface area contributed by atoms with Gasteiger partial charge in [0.15, 0.2) is 0 Å². The minimum Gasteiger partial charge on any atom is -0.490 e. The van der Waals surface area contributed by atoms with Crippen molar-refractivity contribution in [2.45, 2.75) is 81.5 Å². The molecule has 2 aromatic carbocycles. The highest BCUT2D eigenvalue weighted by Crippen LogP contribution is 2.47. The van der Waals surface area contributed by atoms with Crippen molar-refractivity contribution in [2.75, 3.05) is 24.6 Å². The lowest BCUT2D eigenvalue weighted by Gasteiger charge is -2.45. The third kappa shape index (κ3) is 5.25. The summed E-state index contributed by atoms with van der Waals surface area (Å²) in [6.45, 7) is 4.01. The van der Waals surface area contributed by atoms with Gasteiger partial charge in [-0.2, -0.15) is 0 Å². The van der Waals surface area contributed by atoms with Crippen LogP contribution in [0.4, 0.5) is 5.69 Å². The summed E-state index contributed by atoms with van der Waals surface area (Å²) in [5.74, 6) is 4.96. The van der Waals surface area contributed by atoms with Crippen molar-refractivity contribution < 1.29 is 18.8 Å². The quantitative estimate of drug-likeness (QED) is 0.399. The second-order valence-corrected chi connectivity index (χ2v) is 15.5. The number of anilines is 1. The Morgan fingerprint density at radius 1 is 1.12 bits per heavy atom. The molecule has 216 valence electrons. The summed E-state index contributed by atoms with van der Waals surface area (Å²) in [6, 6.07) is 11.8. The van der Waals surface area contributed by atoms with Crippen molar-refractivity contribution in [3.05, 3.63) is 58.1 Å². The summed E-state index contributed by atoms with van der Waals surface area (Å²) in [7, 11) is -2.83. The fraction of sp³-hybridized carbons (Fsp3) is 0.562. The number of ether oxygens (including phenoxy) is 1. The number of nitrogens with one attached hydrogen (secondary N) is 1. The van der Waals surface area contributed by atoms with Crippen LogP contribution >= 0.6 is 11.6 Å². The summed E-state index contributed by atoms with van der Waals surface area (Å²) in [4.78, 5) is 15.8. The van der Waals surface area contributed by atoms with Crippen LogP contribution in [-0.4, -0.2) is 52.1 Å². The molecule has 4 aliphatic rings. The predicted molar refractivity (Wildman–Crippen MR) is 163 cm³/mol. The van der Waals surface area contributed by atoms with Crippen molar-refractivity contribution in [1.29, 1.82) is 0 Å². The molecule has 2 bridgehead atoms. The van der Waals surface area contributed by atoms with E-state index in [0.717, 1.165) is 80.9 Å². The van der Waals surface area contributed by atoms with Crippen LogP contribution in [0.25, 0.3) is 0 Å². The highest BCUT2D eigenvalue weighted by molar-refractivity contribution is 7.99. The van der Waals surface area contributed by atoms with E-state index in [1.807, 2.05) is 25.1 Å². The fourth-order valence-corrected chi connectivity index (χ4v) is 8.75. The van der Waals surface area contributed by atoms with Crippen molar-refractivity contribution in [3.63, 3.8) is 0 Å². The number of hydrogen-bond donors (Lipinski definition) is 2. The first-order valence-corrected chi connectivity index (χ1v) is 17.0. The van der Waals surface area contributed by atoms with Gasteiger partial charge in [0, 0.05) is 34.3 Å². The minimum atomic E-state index is -2.83. The van der Waals surface area contributed by atoms with Crippen LogP contribution in [0.5, 0.6) is 5.75 Å². The van der Waals surface area contributed by atoms with Gasteiger partial charge < -0.3 is 14.7 Å². The van der Waals surface area contributed by atoms with Gasteiger partial charge in [-0.25, -0.2) is 4.21 Å². The average Bonchev–Trinajstić information content (AvgIpc) is 3.05. The van der Waals surface area contributed by atoms with E-state index in [9.17, 15) is 14.1 Å². The van der Waals surface area contributed by atoms with Gasteiger partial charge in [-0.05, 0) is 111 Å². The first-order valence-electron chi connectivity index (χ1n) is 14.8. The number of benzene rings is 2. The smallest absolute Gasteiger partial charge is 0.262 e. The Balaban J connectivity index is 1.41. The molecule has 0 radical (unpaired) electrons. The number of nitrogens with zero attached hydrogens (tertiary/aromatic N) is 1. The van der Waals surface area contributed by atoms with Crippen LogP contribution in [0.2, 0.25) is 5.02 Å². The predicted octanol–water partition coefficient (Wildman–Crippen LogP) is 5.52. The van der Waals surface area contributed by atoms with E-state index < -0.39 is 9.71 Å². The number of halogens is 1. The van der Waals surface area contributed by atoms with E-state index >= 15 is 0 Å². The molecule has 6 atom stereocenters. The molecule has 2 heterocycles. The largest absolute Gasteiger partial charge is 0.490 e. The Kier molecular flexibility index (Phi) is 7.60. The third-order valence-corrected chi connectivity index (χ3v) is 12.3. The molecule has 40 heavy (non-hydrogen) atoms. The second-order valence-electron chi connectivity index (χ2n) is 12.6. The molecule has 1 spiro atoms. The van der Waals surface area contributed by atoms with Gasteiger partial charge in [0.05, 0.1) is 28.1 Å². The molecule has 8 heteroatoms. The Bertz CT molecular complexity index is 1400. The molecule has 2 N–H and O–H groups in total. The highest BCUT2D eigenvalue weighted by Gasteiger charge is 2.44. The maximum atomic E-state index is 13.4. The second kappa shape index (κ2) is 10.9. The molecule has 0 saturated heterocycles. The Hall–Kier alpha value is -2.22. The molecule has 1 unspecified atom stereocenters. The van der Waals surface area contributed by atoms with E-state index in [-0.39, 0.29) is 28.6 Å². The Labute approximate surface area is 243 Å². The minimum absolute atomic E-state index is 0.199. The molecular weight excluding hydrogens is 544 g/mol. The number of rotatable bonds is 0. The van der Waals surface area contributed by atoms with Crippen LogP contribution < -0.4 is 14.4 Å². The first-order chi connectivity index (χ1) is 19.1. The number of aryl methyl sites for hydroxylation is 1. The van der Waals surface area contributed by atoms with Crippen molar-refractivity contribution in [3.8, 4) is 5.75 Å². The van der Waals surface area contributed by atoms with Crippen molar-refractivity contribution >= 4 is 38.8 Å². The molecule has 1 amide bonds. The number of amides is 1. The zero-order valence-electron chi connectivity index (χ0n) is 23.4. The maximum absolute atomic E-state index is 13.4. The molecule has 1 saturated carbocycles. The monoisotopic (exact) mass is 584 g/mol. The van der Waals surface area contributed by atoms with E-state index in [4.69, 9.17) is 16.3 Å². The molecule has 2 aromatic rings. The Morgan fingerprint density at radius 2 is 1.95 bits per heavy atom. The number of fused-ring (bicyclic) bond motifs is 4. The van der Waals surface area contributed by atoms with Crippen LogP contribution in [0.15, 0.2) is 36.4 Å². The standard InChI is InChI=1S/C32H41ClN2O4S/c1-21-6-3-4-8-29(36)26-12-9-24(26)18-35-19-32(15-5-7-22-16-25(33)11-13-27(22)32)20-39-30-14-10-23(17-28(30)35)31(37)34-40(21,2)38/h10-11,13-14,16-17,21,24,26,29,36H,2-9,12,15,18-20H2,1H3,(H,34,37,38)/t21-,24-,26+,29-,32-,40?/m0/s1. The van der Waals surface area contributed by atoms with Crippen LogP contribution in [0, 0.1) is 11.8 Å². The van der Waals surface area contributed by atoms with Gasteiger partial charge >= 0.3 is 0 Å². The van der Waals surface area contributed by atoms with Gasteiger partial charge in [-0.15, -0.1) is 0 Å². The number of aliphatic hydroxyl groups excluding tert-OH is 1. The topological polar surface area (TPSA) is 78.9 Å². The lowest BCUT2D eigenvalue weighted by molar-refractivity contribution is 0.00905. The normalized spacial score (nSPS) is 34.5. The number of carbonyl (C=O) groups is 1. The van der Waals surface area contributed by atoms with E-state index in [1.165, 1.54) is 11.1 Å². The highest BCUT2D eigenvalue weighted by atomic mass is 35.5. The summed E-state index contributed by atoms with van der Waals surface area (Å²) >= 11 is 6.39. The van der Waals surface area contributed by atoms with Gasteiger partial charge in [0.2, 0.25) is 0 Å². The SMILES string of the molecule is C=S1(=O)NC(=O)c2ccc3c(c2)N(C[C@@H]2CC[C@H]2[C@@H](O)CCCC[C@@H]1C)C[C@@]1(CCCc2cc(Cl)ccc21)CO3. The molecule has 1 fully saturated rings. The zero-order chi connectivity index (χ0) is 28.1. The Morgan fingerprint density at radius 3 is 2.75 bits per heavy atom. The number of hydrogen-bond acceptors (Lipinski definition) is 5. The number of aliphatic hydroxyl groups is 1. The maximum Gasteiger partial charge on any atom is 0.262 e. The van der Waals surface area contributed by atoms with Gasteiger partial charge in [0.1, 0.15) is 5.75 Å². The summed E-state index contributed by atoms with van der Waals surface area (Å²) in [6.07, 6.45) is 8.07. The van der Waals surface area contributed by atoms with Crippen LogP contribution in [-0.2, 0) is 21.5 Å². The van der Waals surface area contributed by atoms with Gasteiger partial charge in [-0.3, -0.25) is 9.52 Å². The van der Waals surface area contributed by atoms with E-state index in [0.29, 0.717) is 24.5 Å². The molecule has 2 aliphatic carbocycles. The fourth-order valence-electron chi connectivity index (χ4n) is 7.37. The van der Waals surface area contributed by atoms with Gasteiger partial charge in [-0.1, -0.05) is 30.5 Å². The molecule has 6 nitrogen and oxygen atoms in total. The first kappa shape index (κ1) is 27.9. The molecule has 0 aromatic heterocycles.